The maximum Gasteiger partial charge on any atom is 0.0897 e. The Kier molecular flexibility index (Phi) is 7.49. The van der Waals surface area contributed by atoms with Crippen molar-refractivity contribution in [3.63, 3.8) is 0 Å². The molecule has 0 spiro atoms. The topological polar surface area (TPSA) is 41.5 Å². The molecule has 0 amide bonds. The van der Waals surface area contributed by atoms with E-state index in [1.807, 2.05) is 0 Å². The highest BCUT2D eigenvalue weighted by Gasteiger charge is 2.21. The smallest absolute Gasteiger partial charge is 0.0897 e. The van der Waals surface area contributed by atoms with Crippen LogP contribution in [0, 0.1) is 17.3 Å². The second-order valence-electron chi connectivity index (χ2n) is 7.81. The Morgan fingerprint density at radius 2 is 1.95 bits per heavy atom. The molecule has 2 N–H and O–H groups in total. The molecule has 0 aliphatic heterocycles. The van der Waals surface area contributed by atoms with Gasteiger partial charge in [0.15, 0.2) is 0 Å². The Morgan fingerprint density at radius 3 is 2.55 bits per heavy atom. The van der Waals surface area contributed by atoms with Crippen LogP contribution in [-0.4, -0.2) is 37.0 Å². The van der Waals surface area contributed by atoms with Crippen LogP contribution in [0.15, 0.2) is 0 Å². The number of hydrogen-bond donors (Lipinski definition) is 2. The van der Waals surface area contributed by atoms with Gasteiger partial charge in [0.1, 0.15) is 0 Å². The molecule has 1 aliphatic carbocycles. The molecule has 0 heterocycles. The first-order valence-corrected chi connectivity index (χ1v) is 8.29. The summed E-state index contributed by atoms with van der Waals surface area (Å²) in [5.41, 5.74) is 0.312. The summed E-state index contributed by atoms with van der Waals surface area (Å²) >= 11 is 0. The molecular weight excluding hydrogens is 250 g/mol. The SMILES string of the molecule is CC1CCCC(OCC(O)CNCC(C)C(C)(C)C)C1. The first-order chi connectivity index (χ1) is 9.29. The van der Waals surface area contributed by atoms with E-state index in [4.69, 9.17) is 4.74 Å². The molecule has 0 bridgehead atoms. The fourth-order valence-electron chi connectivity index (χ4n) is 2.61. The van der Waals surface area contributed by atoms with Crippen molar-refractivity contribution in [2.24, 2.45) is 17.3 Å². The van der Waals surface area contributed by atoms with Crippen LogP contribution in [0.25, 0.3) is 0 Å². The molecule has 3 heteroatoms. The Bertz CT molecular complexity index is 262. The first kappa shape index (κ1) is 17.9. The number of nitrogens with one attached hydrogen (secondary N) is 1. The van der Waals surface area contributed by atoms with E-state index in [2.05, 4.69) is 39.9 Å². The highest BCUT2D eigenvalue weighted by molar-refractivity contribution is 4.74. The Balaban J connectivity index is 2.10. The predicted octanol–water partition coefficient (Wildman–Crippen LogP) is 3.21. The Hall–Kier alpha value is -0.120. The van der Waals surface area contributed by atoms with Crippen molar-refractivity contribution in [3.05, 3.63) is 0 Å². The molecular formula is C17H35NO2. The lowest BCUT2D eigenvalue weighted by Gasteiger charge is -2.29. The van der Waals surface area contributed by atoms with Crippen molar-refractivity contribution in [2.45, 2.75) is 72.5 Å². The maximum absolute atomic E-state index is 9.97. The first-order valence-electron chi connectivity index (χ1n) is 8.29. The fraction of sp³-hybridized carbons (Fsp3) is 1.00. The van der Waals surface area contributed by atoms with Crippen molar-refractivity contribution >= 4 is 0 Å². The van der Waals surface area contributed by atoms with Crippen LogP contribution in [0.3, 0.4) is 0 Å². The van der Waals surface area contributed by atoms with Gasteiger partial charge in [0, 0.05) is 6.54 Å². The predicted molar refractivity (Wildman–Crippen MR) is 84.9 cm³/mol. The van der Waals surface area contributed by atoms with E-state index < -0.39 is 0 Å². The van der Waals surface area contributed by atoms with Crippen LogP contribution in [-0.2, 0) is 4.74 Å². The van der Waals surface area contributed by atoms with Gasteiger partial charge in [-0.2, -0.15) is 0 Å². The summed E-state index contributed by atoms with van der Waals surface area (Å²) in [6.45, 7) is 13.3. The summed E-state index contributed by atoms with van der Waals surface area (Å²) in [7, 11) is 0. The minimum atomic E-state index is -0.389. The van der Waals surface area contributed by atoms with E-state index in [-0.39, 0.29) is 6.10 Å². The van der Waals surface area contributed by atoms with Crippen molar-refractivity contribution < 1.29 is 9.84 Å². The molecule has 1 fully saturated rings. The summed E-state index contributed by atoms with van der Waals surface area (Å²) in [5, 5.41) is 13.3. The third kappa shape index (κ3) is 7.05. The molecule has 3 nitrogen and oxygen atoms in total. The van der Waals surface area contributed by atoms with Crippen LogP contribution in [0.4, 0.5) is 0 Å². The molecule has 0 aromatic heterocycles. The molecule has 0 aromatic rings. The van der Waals surface area contributed by atoms with Crippen LogP contribution < -0.4 is 5.32 Å². The number of hydrogen-bond acceptors (Lipinski definition) is 3. The van der Waals surface area contributed by atoms with E-state index >= 15 is 0 Å². The van der Waals surface area contributed by atoms with Gasteiger partial charge in [-0.05, 0) is 36.6 Å². The van der Waals surface area contributed by atoms with Gasteiger partial charge in [0.05, 0.1) is 18.8 Å². The quantitative estimate of drug-likeness (QED) is 0.754. The standard InChI is InChI=1S/C17H35NO2/c1-13-7-6-8-16(9-13)20-12-15(19)11-18-10-14(2)17(3,4)5/h13-16,18-19H,6-12H2,1-5H3. The molecule has 4 unspecified atom stereocenters. The molecule has 4 atom stereocenters. The lowest BCUT2D eigenvalue weighted by atomic mass is 9.82. The fourth-order valence-corrected chi connectivity index (χ4v) is 2.61. The van der Waals surface area contributed by atoms with Crippen LogP contribution in [0.1, 0.15) is 60.3 Å². The summed E-state index contributed by atoms with van der Waals surface area (Å²) in [6, 6.07) is 0. The lowest BCUT2D eigenvalue weighted by molar-refractivity contribution is -0.0309. The second kappa shape index (κ2) is 8.35. The summed E-state index contributed by atoms with van der Waals surface area (Å²) in [4.78, 5) is 0. The van der Waals surface area contributed by atoms with Crippen LogP contribution >= 0.6 is 0 Å². The largest absolute Gasteiger partial charge is 0.389 e. The average Bonchev–Trinajstić information content (AvgIpc) is 2.35. The molecule has 1 rings (SSSR count). The van der Waals surface area contributed by atoms with Crippen molar-refractivity contribution in [2.75, 3.05) is 19.7 Å². The normalized spacial score (nSPS) is 27.3. The third-order valence-corrected chi connectivity index (χ3v) is 4.72. The number of aliphatic hydroxyl groups excluding tert-OH is 1. The van der Waals surface area contributed by atoms with Gasteiger partial charge in [-0.1, -0.05) is 47.5 Å². The Morgan fingerprint density at radius 1 is 1.25 bits per heavy atom. The second-order valence-corrected chi connectivity index (χ2v) is 7.81. The zero-order valence-corrected chi connectivity index (χ0v) is 14.1. The van der Waals surface area contributed by atoms with Gasteiger partial charge >= 0.3 is 0 Å². The monoisotopic (exact) mass is 285 g/mol. The zero-order valence-electron chi connectivity index (χ0n) is 14.1. The number of ether oxygens (including phenoxy) is 1. The van der Waals surface area contributed by atoms with E-state index in [1.165, 1.54) is 12.8 Å². The van der Waals surface area contributed by atoms with E-state index in [0.717, 1.165) is 25.3 Å². The highest BCUT2D eigenvalue weighted by Crippen LogP contribution is 2.26. The minimum Gasteiger partial charge on any atom is -0.389 e. The number of rotatable bonds is 7. The molecule has 0 aromatic carbocycles. The molecule has 0 radical (unpaired) electrons. The molecule has 1 aliphatic rings. The maximum atomic E-state index is 9.97. The van der Waals surface area contributed by atoms with Gasteiger partial charge < -0.3 is 15.2 Å². The van der Waals surface area contributed by atoms with Gasteiger partial charge in [0.25, 0.3) is 0 Å². The van der Waals surface area contributed by atoms with Gasteiger partial charge in [-0.3, -0.25) is 0 Å². The van der Waals surface area contributed by atoms with Crippen LogP contribution in [0.2, 0.25) is 0 Å². The van der Waals surface area contributed by atoms with Gasteiger partial charge in [-0.25, -0.2) is 0 Å². The molecule has 120 valence electrons. The third-order valence-electron chi connectivity index (χ3n) is 4.72. The molecule has 20 heavy (non-hydrogen) atoms. The Labute approximate surface area is 125 Å². The number of aliphatic hydroxyl groups is 1. The lowest BCUT2D eigenvalue weighted by Crippen LogP contribution is -2.37. The van der Waals surface area contributed by atoms with E-state index in [9.17, 15) is 5.11 Å². The van der Waals surface area contributed by atoms with Crippen molar-refractivity contribution in [1.29, 1.82) is 0 Å². The average molecular weight is 285 g/mol. The van der Waals surface area contributed by atoms with Gasteiger partial charge in [-0.15, -0.1) is 0 Å². The zero-order chi connectivity index (χ0) is 15.2. The molecule has 0 saturated heterocycles. The van der Waals surface area contributed by atoms with E-state index in [0.29, 0.717) is 30.6 Å². The molecule has 1 saturated carbocycles. The van der Waals surface area contributed by atoms with Gasteiger partial charge in [0.2, 0.25) is 0 Å². The van der Waals surface area contributed by atoms with Crippen LogP contribution in [0.5, 0.6) is 0 Å². The van der Waals surface area contributed by atoms with Crippen molar-refractivity contribution in [3.8, 4) is 0 Å². The van der Waals surface area contributed by atoms with Crippen molar-refractivity contribution in [1.82, 2.24) is 5.32 Å². The minimum absolute atomic E-state index is 0.312. The highest BCUT2D eigenvalue weighted by atomic mass is 16.5. The summed E-state index contributed by atoms with van der Waals surface area (Å²) in [6.07, 6.45) is 4.88. The summed E-state index contributed by atoms with van der Waals surface area (Å²) in [5.74, 6) is 1.37. The van der Waals surface area contributed by atoms with E-state index in [1.54, 1.807) is 0 Å². The summed E-state index contributed by atoms with van der Waals surface area (Å²) < 4.78 is 5.85.